The Kier molecular flexibility index (Phi) is 5.86. The zero-order valence-electron chi connectivity index (χ0n) is 10.8. The summed E-state index contributed by atoms with van der Waals surface area (Å²) in [7, 11) is -2.49. The minimum absolute atomic E-state index is 0.225. The van der Waals surface area contributed by atoms with Crippen LogP contribution in [0.15, 0.2) is 23.1 Å². The molecule has 0 radical (unpaired) electrons. The number of halogens is 1. The SMILES string of the molecule is COCCNC(=O)CNS(=O)(=O)c1ccc(F)cc1N. The lowest BCUT2D eigenvalue weighted by molar-refractivity contribution is -0.120. The molecule has 1 aromatic carbocycles. The van der Waals surface area contributed by atoms with Gasteiger partial charge in [-0.1, -0.05) is 0 Å². The predicted molar refractivity (Wildman–Crippen MR) is 70.9 cm³/mol. The first-order chi connectivity index (χ1) is 9.36. The number of carbonyl (C=O) groups is 1. The zero-order chi connectivity index (χ0) is 15.2. The van der Waals surface area contributed by atoms with E-state index in [0.717, 1.165) is 18.2 Å². The highest BCUT2D eigenvalue weighted by Crippen LogP contribution is 2.18. The number of rotatable bonds is 7. The number of nitrogens with two attached hydrogens (primary N) is 1. The van der Waals surface area contributed by atoms with Gasteiger partial charge in [-0.3, -0.25) is 4.79 Å². The molecule has 0 aliphatic heterocycles. The first kappa shape index (κ1) is 16.3. The molecule has 0 fully saturated rings. The van der Waals surface area contributed by atoms with Gasteiger partial charge < -0.3 is 15.8 Å². The van der Waals surface area contributed by atoms with Crippen LogP contribution in [0.5, 0.6) is 0 Å². The van der Waals surface area contributed by atoms with E-state index < -0.39 is 28.3 Å². The number of hydrogen-bond acceptors (Lipinski definition) is 5. The van der Waals surface area contributed by atoms with E-state index in [0.29, 0.717) is 6.61 Å². The molecule has 0 unspecified atom stereocenters. The van der Waals surface area contributed by atoms with Crippen molar-refractivity contribution in [3.8, 4) is 0 Å². The van der Waals surface area contributed by atoms with Crippen LogP contribution in [0.2, 0.25) is 0 Å². The molecule has 1 aromatic rings. The summed E-state index contributed by atoms with van der Waals surface area (Å²) in [6.45, 7) is 0.155. The highest BCUT2D eigenvalue weighted by Gasteiger charge is 2.18. The normalized spacial score (nSPS) is 11.3. The maximum atomic E-state index is 12.9. The van der Waals surface area contributed by atoms with E-state index in [4.69, 9.17) is 10.5 Å². The Balaban J connectivity index is 2.64. The topological polar surface area (TPSA) is 111 Å². The molecule has 1 rings (SSSR count). The van der Waals surface area contributed by atoms with E-state index in [1.54, 1.807) is 0 Å². The maximum Gasteiger partial charge on any atom is 0.243 e. The Bertz CT molecular complexity index is 577. The summed E-state index contributed by atoms with van der Waals surface area (Å²) in [6.07, 6.45) is 0. The third-order valence-corrected chi connectivity index (χ3v) is 3.79. The van der Waals surface area contributed by atoms with E-state index in [1.807, 2.05) is 0 Å². The third-order valence-electron chi connectivity index (χ3n) is 2.31. The Hall–Kier alpha value is -1.71. The molecule has 0 spiro atoms. The smallest absolute Gasteiger partial charge is 0.243 e. The Morgan fingerprint density at radius 2 is 2.15 bits per heavy atom. The lowest BCUT2D eigenvalue weighted by Gasteiger charge is -2.09. The van der Waals surface area contributed by atoms with Crippen LogP contribution in [0, 0.1) is 5.82 Å². The number of carbonyl (C=O) groups excluding carboxylic acids is 1. The molecule has 0 saturated heterocycles. The van der Waals surface area contributed by atoms with E-state index in [-0.39, 0.29) is 17.1 Å². The number of amides is 1. The van der Waals surface area contributed by atoms with Crippen molar-refractivity contribution >= 4 is 21.6 Å². The number of nitrogen functional groups attached to an aromatic ring is 1. The highest BCUT2D eigenvalue weighted by molar-refractivity contribution is 7.89. The molecule has 0 atom stereocenters. The summed E-state index contributed by atoms with van der Waals surface area (Å²) < 4.78 is 43.4. The number of anilines is 1. The largest absolute Gasteiger partial charge is 0.398 e. The first-order valence-electron chi connectivity index (χ1n) is 5.67. The maximum absolute atomic E-state index is 12.9. The molecule has 7 nitrogen and oxygen atoms in total. The second kappa shape index (κ2) is 7.17. The van der Waals surface area contributed by atoms with Crippen LogP contribution in [0.1, 0.15) is 0 Å². The van der Waals surface area contributed by atoms with Crippen LogP contribution in [-0.4, -0.2) is 41.1 Å². The molecule has 9 heteroatoms. The van der Waals surface area contributed by atoms with Crippen molar-refractivity contribution in [2.45, 2.75) is 4.90 Å². The fourth-order valence-corrected chi connectivity index (χ4v) is 2.45. The van der Waals surface area contributed by atoms with Crippen LogP contribution in [0.4, 0.5) is 10.1 Å². The zero-order valence-corrected chi connectivity index (χ0v) is 11.7. The second-order valence-corrected chi connectivity index (χ2v) is 5.58. The molecule has 0 heterocycles. The summed E-state index contributed by atoms with van der Waals surface area (Å²) >= 11 is 0. The standard InChI is InChI=1S/C11H16FN3O4S/c1-19-5-4-14-11(16)7-15-20(17,18)10-3-2-8(12)6-9(10)13/h2-3,6,15H,4-5,7,13H2,1H3,(H,14,16). The Morgan fingerprint density at radius 1 is 1.45 bits per heavy atom. The van der Waals surface area contributed by atoms with E-state index >= 15 is 0 Å². The molecule has 0 saturated carbocycles. The molecule has 1 amide bonds. The Labute approximate surface area is 116 Å². The number of methoxy groups -OCH3 is 1. The molecule has 4 N–H and O–H groups in total. The minimum atomic E-state index is -3.97. The number of benzene rings is 1. The fraction of sp³-hybridized carbons (Fsp3) is 0.364. The molecule has 112 valence electrons. The monoisotopic (exact) mass is 305 g/mol. The van der Waals surface area contributed by atoms with Gasteiger partial charge >= 0.3 is 0 Å². The average molecular weight is 305 g/mol. The molecule has 0 aromatic heterocycles. The van der Waals surface area contributed by atoms with Crippen molar-refractivity contribution in [1.82, 2.24) is 10.0 Å². The average Bonchev–Trinajstić information content (AvgIpc) is 2.36. The number of sulfonamides is 1. The molecular weight excluding hydrogens is 289 g/mol. The predicted octanol–water partition coefficient (Wildman–Crippen LogP) is -0.551. The third kappa shape index (κ3) is 4.76. The minimum Gasteiger partial charge on any atom is -0.398 e. The quantitative estimate of drug-likeness (QED) is 0.462. The van der Waals surface area contributed by atoms with Gasteiger partial charge in [0.15, 0.2) is 0 Å². The fourth-order valence-electron chi connectivity index (χ4n) is 1.36. The Morgan fingerprint density at radius 3 is 2.75 bits per heavy atom. The number of ether oxygens (including phenoxy) is 1. The van der Waals surface area contributed by atoms with E-state index in [9.17, 15) is 17.6 Å². The van der Waals surface area contributed by atoms with Crippen molar-refractivity contribution in [2.75, 3.05) is 32.5 Å². The summed E-state index contributed by atoms with van der Waals surface area (Å²) in [6, 6.07) is 2.91. The second-order valence-electron chi connectivity index (χ2n) is 3.85. The van der Waals surface area contributed by atoms with Crippen molar-refractivity contribution < 1.29 is 22.3 Å². The first-order valence-corrected chi connectivity index (χ1v) is 7.15. The van der Waals surface area contributed by atoms with Gasteiger partial charge in [0.2, 0.25) is 15.9 Å². The van der Waals surface area contributed by atoms with Gasteiger partial charge in [0.1, 0.15) is 10.7 Å². The summed E-state index contributed by atoms with van der Waals surface area (Å²) in [5.41, 5.74) is 5.21. The molecule has 0 bridgehead atoms. The van der Waals surface area contributed by atoms with Gasteiger partial charge in [-0.05, 0) is 18.2 Å². The van der Waals surface area contributed by atoms with Gasteiger partial charge in [-0.15, -0.1) is 0 Å². The highest BCUT2D eigenvalue weighted by atomic mass is 32.2. The van der Waals surface area contributed by atoms with E-state index in [1.165, 1.54) is 7.11 Å². The van der Waals surface area contributed by atoms with Gasteiger partial charge in [0.25, 0.3) is 0 Å². The van der Waals surface area contributed by atoms with Crippen molar-refractivity contribution in [1.29, 1.82) is 0 Å². The van der Waals surface area contributed by atoms with Gasteiger partial charge in [0, 0.05) is 13.7 Å². The van der Waals surface area contributed by atoms with Crippen LogP contribution < -0.4 is 15.8 Å². The van der Waals surface area contributed by atoms with Crippen molar-refractivity contribution in [2.24, 2.45) is 0 Å². The van der Waals surface area contributed by atoms with Gasteiger partial charge in [0.05, 0.1) is 18.8 Å². The number of nitrogens with one attached hydrogen (secondary N) is 2. The van der Waals surface area contributed by atoms with Gasteiger partial charge in [-0.25, -0.2) is 17.5 Å². The van der Waals surface area contributed by atoms with Crippen molar-refractivity contribution in [3.63, 3.8) is 0 Å². The summed E-state index contributed by atoms with van der Waals surface area (Å²) in [5, 5.41) is 2.45. The van der Waals surface area contributed by atoms with Crippen molar-refractivity contribution in [3.05, 3.63) is 24.0 Å². The summed E-state index contributed by atoms with van der Waals surface area (Å²) in [5.74, 6) is -1.15. The van der Waals surface area contributed by atoms with Crippen LogP contribution >= 0.6 is 0 Å². The number of hydrogen-bond donors (Lipinski definition) is 3. The lowest BCUT2D eigenvalue weighted by Crippen LogP contribution is -2.38. The molecule has 0 aliphatic carbocycles. The lowest BCUT2D eigenvalue weighted by atomic mass is 10.3. The van der Waals surface area contributed by atoms with E-state index in [2.05, 4.69) is 10.0 Å². The molecular formula is C11H16FN3O4S. The van der Waals surface area contributed by atoms with Crippen LogP contribution in [-0.2, 0) is 19.6 Å². The van der Waals surface area contributed by atoms with Gasteiger partial charge in [-0.2, -0.15) is 0 Å². The van der Waals surface area contributed by atoms with Crippen LogP contribution in [0.25, 0.3) is 0 Å². The molecule has 20 heavy (non-hydrogen) atoms. The summed E-state index contributed by atoms with van der Waals surface area (Å²) in [4.78, 5) is 11.1. The van der Waals surface area contributed by atoms with Crippen LogP contribution in [0.3, 0.4) is 0 Å². The molecule has 0 aliphatic rings.